The summed E-state index contributed by atoms with van der Waals surface area (Å²) in [6.45, 7) is -1.75. The highest BCUT2D eigenvalue weighted by Crippen LogP contribution is 2.33. The molecule has 2 amide bonds. The summed E-state index contributed by atoms with van der Waals surface area (Å²) in [5, 5.41) is 5.15. The zero-order valence-electron chi connectivity index (χ0n) is 13.5. The lowest BCUT2D eigenvalue weighted by molar-refractivity contribution is -0.114. The molecule has 0 aliphatic heterocycles. The van der Waals surface area contributed by atoms with E-state index in [1.54, 1.807) is 18.2 Å². The lowest BCUT2D eigenvalue weighted by atomic mass is 10.1. The minimum Gasteiger partial charge on any atom is -0.493 e. The maximum Gasteiger partial charge on any atom is 0.387 e. The van der Waals surface area contributed by atoms with Crippen LogP contribution in [0, 0.1) is 0 Å². The Morgan fingerprint density at radius 1 is 1.04 bits per heavy atom. The first-order valence-corrected chi connectivity index (χ1v) is 7.21. The lowest BCUT2D eigenvalue weighted by Gasteiger charge is -2.14. The molecule has 25 heavy (non-hydrogen) atoms. The van der Waals surface area contributed by atoms with Gasteiger partial charge in [-0.25, -0.2) is 0 Å². The third-order valence-corrected chi connectivity index (χ3v) is 3.09. The van der Waals surface area contributed by atoms with Crippen molar-refractivity contribution in [1.29, 1.82) is 0 Å². The fourth-order valence-electron chi connectivity index (χ4n) is 2.14. The predicted octanol–water partition coefficient (Wildman–Crippen LogP) is 3.51. The van der Waals surface area contributed by atoms with Gasteiger partial charge < -0.3 is 20.1 Å². The number of hydrogen-bond donors (Lipinski definition) is 2. The van der Waals surface area contributed by atoms with Crippen molar-refractivity contribution in [3.63, 3.8) is 0 Å². The van der Waals surface area contributed by atoms with Crippen LogP contribution in [0.25, 0.3) is 0 Å². The van der Waals surface area contributed by atoms with E-state index in [4.69, 9.17) is 4.74 Å². The van der Waals surface area contributed by atoms with Crippen LogP contribution in [0.1, 0.15) is 17.3 Å². The summed E-state index contributed by atoms with van der Waals surface area (Å²) < 4.78 is 34.7. The van der Waals surface area contributed by atoms with Crippen molar-refractivity contribution in [2.24, 2.45) is 0 Å². The van der Waals surface area contributed by atoms with Gasteiger partial charge in [-0.1, -0.05) is 12.1 Å². The second-order valence-corrected chi connectivity index (χ2v) is 4.93. The quantitative estimate of drug-likeness (QED) is 0.836. The van der Waals surface area contributed by atoms with Crippen LogP contribution in [-0.4, -0.2) is 25.5 Å². The van der Waals surface area contributed by atoms with Crippen LogP contribution in [0.3, 0.4) is 0 Å². The van der Waals surface area contributed by atoms with Gasteiger partial charge in [-0.15, -0.1) is 0 Å². The molecule has 0 aliphatic carbocycles. The van der Waals surface area contributed by atoms with Gasteiger partial charge >= 0.3 is 6.61 Å². The molecule has 0 aromatic heterocycles. The van der Waals surface area contributed by atoms with Crippen molar-refractivity contribution < 1.29 is 27.8 Å². The van der Waals surface area contributed by atoms with Crippen LogP contribution >= 0.6 is 0 Å². The van der Waals surface area contributed by atoms with Gasteiger partial charge in [-0.2, -0.15) is 8.78 Å². The standard InChI is InChI=1S/C17H16F2N2O4/c1-10(22)20-11-5-3-6-12(9-11)21-16(23)13-7-4-8-14(24-2)15(13)25-17(18)19/h3-9,17H,1-2H3,(H,20,22)(H,21,23). The summed E-state index contributed by atoms with van der Waals surface area (Å²) >= 11 is 0. The second-order valence-electron chi connectivity index (χ2n) is 4.93. The molecular formula is C17H16F2N2O4. The number of alkyl halides is 2. The van der Waals surface area contributed by atoms with Gasteiger partial charge in [0.15, 0.2) is 11.5 Å². The van der Waals surface area contributed by atoms with E-state index in [9.17, 15) is 18.4 Å². The van der Waals surface area contributed by atoms with Crippen molar-refractivity contribution in [3.8, 4) is 11.5 Å². The number of amides is 2. The van der Waals surface area contributed by atoms with Gasteiger partial charge in [0.2, 0.25) is 5.91 Å². The summed E-state index contributed by atoms with van der Waals surface area (Å²) in [5.41, 5.74) is 0.756. The van der Waals surface area contributed by atoms with Gasteiger partial charge in [0.05, 0.1) is 12.7 Å². The molecule has 0 unspecified atom stereocenters. The Balaban J connectivity index is 2.28. The van der Waals surface area contributed by atoms with E-state index in [0.717, 1.165) is 0 Å². The third kappa shape index (κ3) is 4.90. The molecule has 0 spiro atoms. The van der Waals surface area contributed by atoms with Crippen molar-refractivity contribution in [3.05, 3.63) is 48.0 Å². The predicted molar refractivity (Wildman–Crippen MR) is 88.3 cm³/mol. The van der Waals surface area contributed by atoms with Crippen molar-refractivity contribution in [2.45, 2.75) is 13.5 Å². The highest BCUT2D eigenvalue weighted by atomic mass is 19.3. The van der Waals surface area contributed by atoms with E-state index < -0.39 is 12.5 Å². The average Bonchev–Trinajstić information content (AvgIpc) is 2.54. The Bertz CT molecular complexity index is 781. The fourth-order valence-corrected chi connectivity index (χ4v) is 2.14. The molecule has 0 saturated carbocycles. The number of nitrogens with one attached hydrogen (secondary N) is 2. The number of carbonyl (C=O) groups is 2. The van der Waals surface area contributed by atoms with Gasteiger partial charge in [0.1, 0.15) is 0 Å². The molecule has 6 nitrogen and oxygen atoms in total. The van der Waals surface area contributed by atoms with Gasteiger partial charge in [-0.3, -0.25) is 9.59 Å². The third-order valence-electron chi connectivity index (χ3n) is 3.09. The van der Waals surface area contributed by atoms with Crippen molar-refractivity contribution in [1.82, 2.24) is 0 Å². The second kappa shape index (κ2) is 8.09. The molecule has 0 heterocycles. The molecule has 2 N–H and O–H groups in total. The van der Waals surface area contributed by atoms with E-state index in [2.05, 4.69) is 15.4 Å². The minimum absolute atomic E-state index is 0.0138. The molecule has 8 heteroatoms. The van der Waals surface area contributed by atoms with E-state index in [1.165, 1.54) is 38.3 Å². The number of rotatable bonds is 6. The molecular weight excluding hydrogens is 334 g/mol. The summed E-state index contributed by atoms with van der Waals surface area (Å²) in [4.78, 5) is 23.5. The molecule has 0 atom stereocenters. The highest BCUT2D eigenvalue weighted by molar-refractivity contribution is 6.07. The van der Waals surface area contributed by atoms with Crippen LogP contribution in [0.15, 0.2) is 42.5 Å². The van der Waals surface area contributed by atoms with E-state index >= 15 is 0 Å². The zero-order valence-corrected chi connectivity index (χ0v) is 13.5. The Morgan fingerprint density at radius 2 is 1.68 bits per heavy atom. The van der Waals surface area contributed by atoms with Crippen molar-refractivity contribution in [2.75, 3.05) is 17.7 Å². The normalized spacial score (nSPS) is 10.3. The van der Waals surface area contributed by atoms with Crippen LogP contribution in [0.4, 0.5) is 20.2 Å². The summed E-state index contributed by atoms with van der Waals surface area (Å²) in [6.07, 6.45) is 0. The first kappa shape index (κ1) is 18.2. The average molecular weight is 350 g/mol. The molecule has 0 fully saturated rings. The zero-order chi connectivity index (χ0) is 18.4. The van der Waals surface area contributed by atoms with E-state index in [0.29, 0.717) is 11.4 Å². The van der Waals surface area contributed by atoms with Gasteiger partial charge in [0.25, 0.3) is 5.91 Å². The molecule has 132 valence electrons. The number of hydrogen-bond acceptors (Lipinski definition) is 4. The first-order valence-electron chi connectivity index (χ1n) is 7.21. The Labute approximate surface area is 142 Å². The van der Waals surface area contributed by atoms with Crippen LogP contribution in [0.2, 0.25) is 0 Å². The number of carbonyl (C=O) groups excluding carboxylic acids is 2. The molecule has 2 aromatic carbocycles. The summed E-state index contributed by atoms with van der Waals surface area (Å²) in [5.74, 6) is -1.26. The van der Waals surface area contributed by atoms with Crippen LogP contribution < -0.4 is 20.1 Å². The highest BCUT2D eigenvalue weighted by Gasteiger charge is 2.20. The monoisotopic (exact) mass is 350 g/mol. The number of methoxy groups -OCH3 is 1. The maximum absolute atomic E-state index is 12.6. The molecule has 2 rings (SSSR count). The lowest BCUT2D eigenvalue weighted by Crippen LogP contribution is -2.16. The Kier molecular flexibility index (Phi) is 5.89. The van der Waals surface area contributed by atoms with Crippen molar-refractivity contribution >= 4 is 23.2 Å². The molecule has 0 aliphatic rings. The smallest absolute Gasteiger partial charge is 0.387 e. The van der Waals surface area contributed by atoms with Gasteiger partial charge in [-0.05, 0) is 30.3 Å². The van der Waals surface area contributed by atoms with E-state index in [-0.39, 0.29) is 23.0 Å². The molecule has 0 bridgehead atoms. The number of ether oxygens (including phenoxy) is 2. The van der Waals surface area contributed by atoms with Gasteiger partial charge in [0, 0.05) is 18.3 Å². The minimum atomic E-state index is -3.11. The number of benzene rings is 2. The molecule has 2 aromatic rings. The maximum atomic E-state index is 12.6. The Morgan fingerprint density at radius 3 is 2.28 bits per heavy atom. The number of para-hydroxylation sites is 1. The number of anilines is 2. The molecule has 0 radical (unpaired) electrons. The fraction of sp³-hybridized carbons (Fsp3) is 0.176. The Hall–Kier alpha value is -3.16. The van der Waals surface area contributed by atoms with Crippen LogP contribution in [-0.2, 0) is 4.79 Å². The van der Waals surface area contributed by atoms with Crippen LogP contribution in [0.5, 0.6) is 11.5 Å². The SMILES string of the molecule is COc1cccc(C(=O)Nc2cccc(NC(C)=O)c2)c1OC(F)F. The first-order chi connectivity index (χ1) is 11.9. The largest absolute Gasteiger partial charge is 0.493 e. The summed E-state index contributed by atoms with van der Waals surface area (Å²) in [6, 6.07) is 10.6. The number of halogens is 2. The van der Waals surface area contributed by atoms with E-state index in [1.807, 2.05) is 0 Å². The molecule has 0 saturated heterocycles. The topological polar surface area (TPSA) is 76.7 Å². The summed E-state index contributed by atoms with van der Waals surface area (Å²) in [7, 11) is 1.28.